The maximum Gasteiger partial charge on any atom is 0.323 e. The van der Waals surface area contributed by atoms with E-state index >= 15 is 0 Å². The first-order valence-electron chi connectivity index (χ1n) is 5.99. The van der Waals surface area contributed by atoms with E-state index in [-0.39, 0.29) is 18.9 Å². The molecular weight excluding hydrogens is 230 g/mol. The second kappa shape index (κ2) is 6.19. The molecule has 1 amide bonds. The SMILES string of the molecule is CCN(CC(=O)O)C(=O)Cc1cc(C)ccc1C. The molecule has 0 heterocycles. The highest BCUT2D eigenvalue weighted by molar-refractivity contribution is 5.83. The molecule has 0 radical (unpaired) electrons. The lowest BCUT2D eigenvalue weighted by Gasteiger charge is -2.19. The van der Waals surface area contributed by atoms with Crippen LogP contribution >= 0.6 is 0 Å². The molecule has 1 N–H and O–H groups in total. The molecule has 4 nitrogen and oxygen atoms in total. The highest BCUT2D eigenvalue weighted by Gasteiger charge is 2.16. The number of carbonyl (C=O) groups excluding carboxylic acids is 1. The van der Waals surface area contributed by atoms with Crippen molar-refractivity contribution in [3.8, 4) is 0 Å². The van der Waals surface area contributed by atoms with Gasteiger partial charge >= 0.3 is 5.97 Å². The Hall–Kier alpha value is -1.84. The number of carboxylic acids is 1. The Morgan fingerprint density at radius 1 is 1.28 bits per heavy atom. The summed E-state index contributed by atoms with van der Waals surface area (Å²) in [6.07, 6.45) is 0.259. The number of aliphatic carboxylic acids is 1. The number of carbonyl (C=O) groups is 2. The molecule has 98 valence electrons. The van der Waals surface area contributed by atoms with Crippen LogP contribution < -0.4 is 0 Å². The first kappa shape index (κ1) is 14.2. The Morgan fingerprint density at radius 3 is 2.50 bits per heavy atom. The lowest BCUT2D eigenvalue weighted by atomic mass is 10.0. The van der Waals surface area contributed by atoms with Crippen LogP contribution in [0.5, 0.6) is 0 Å². The van der Waals surface area contributed by atoms with E-state index in [1.165, 1.54) is 4.90 Å². The van der Waals surface area contributed by atoms with Crippen molar-refractivity contribution in [2.75, 3.05) is 13.1 Å². The molecule has 0 fully saturated rings. The first-order chi connectivity index (χ1) is 8.43. The second-order valence-electron chi connectivity index (χ2n) is 4.41. The van der Waals surface area contributed by atoms with E-state index in [0.29, 0.717) is 6.54 Å². The largest absolute Gasteiger partial charge is 0.480 e. The lowest BCUT2D eigenvalue weighted by Crippen LogP contribution is -2.36. The predicted octanol–water partition coefficient (Wildman–Crippen LogP) is 1.78. The van der Waals surface area contributed by atoms with Gasteiger partial charge in [0.15, 0.2) is 0 Å². The Morgan fingerprint density at radius 2 is 1.94 bits per heavy atom. The van der Waals surface area contributed by atoms with Gasteiger partial charge in [-0.1, -0.05) is 23.8 Å². The minimum atomic E-state index is -0.980. The van der Waals surface area contributed by atoms with Gasteiger partial charge in [0.25, 0.3) is 0 Å². The Labute approximate surface area is 107 Å². The fourth-order valence-corrected chi connectivity index (χ4v) is 1.81. The monoisotopic (exact) mass is 249 g/mol. The normalized spacial score (nSPS) is 10.2. The molecule has 0 aromatic heterocycles. The second-order valence-corrected chi connectivity index (χ2v) is 4.41. The minimum Gasteiger partial charge on any atom is -0.480 e. The number of hydrogen-bond donors (Lipinski definition) is 1. The summed E-state index contributed by atoms with van der Waals surface area (Å²) in [6.45, 7) is 5.89. The minimum absolute atomic E-state index is 0.145. The van der Waals surface area contributed by atoms with Crippen molar-refractivity contribution in [1.29, 1.82) is 0 Å². The molecule has 0 atom stereocenters. The average molecular weight is 249 g/mol. The summed E-state index contributed by atoms with van der Waals surface area (Å²) < 4.78 is 0. The van der Waals surface area contributed by atoms with Crippen LogP contribution in [0, 0.1) is 13.8 Å². The van der Waals surface area contributed by atoms with Crippen LogP contribution in [0.15, 0.2) is 18.2 Å². The number of nitrogens with zero attached hydrogens (tertiary/aromatic N) is 1. The number of benzene rings is 1. The predicted molar refractivity (Wildman–Crippen MR) is 69.5 cm³/mol. The van der Waals surface area contributed by atoms with Gasteiger partial charge in [0.2, 0.25) is 5.91 Å². The zero-order valence-electron chi connectivity index (χ0n) is 11.1. The van der Waals surface area contributed by atoms with Gasteiger partial charge in [0.1, 0.15) is 6.54 Å². The average Bonchev–Trinajstić information content (AvgIpc) is 2.30. The third-order valence-electron chi connectivity index (χ3n) is 2.91. The molecule has 18 heavy (non-hydrogen) atoms. The van der Waals surface area contributed by atoms with E-state index in [4.69, 9.17) is 5.11 Å². The summed E-state index contributed by atoms with van der Waals surface area (Å²) in [7, 11) is 0. The molecule has 1 aromatic rings. The number of amides is 1. The van der Waals surface area contributed by atoms with Crippen molar-refractivity contribution in [3.05, 3.63) is 34.9 Å². The fourth-order valence-electron chi connectivity index (χ4n) is 1.81. The third kappa shape index (κ3) is 3.87. The van der Waals surface area contributed by atoms with Gasteiger partial charge in [0, 0.05) is 6.54 Å². The van der Waals surface area contributed by atoms with E-state index in [2.05, 4.69) is 0 Å². The first-order valence-corrected chi connectivity index (χ1v) is 5.99. The van der Waals surface area contributed by atoms with Crippen molar-refractivity contribution in [3.63, 3.8) is 0 Å². The van der Waals surface area contributed by atoms with Gasteiger partial charge in [-0.15, -0.1) is 0 Å². The summed E-state index contributed by atoms with van der Waals surface area (Å²) in [6, 6.07) is 5.95. The van der Waals surface area contributed by atoms with E-state index in [9.17, 15) is 9.59 Å². The molecule has 4 heteroatoms. The number of aryl methyl sites for hydroxylation is 2. The third-order valence-corrected chi connectivity index (χ3v) is 2.91. The topological polar surface area (TPSA) is 57.6 Å². The van der Waals surface area contributed by atoms with Crippen LogP contribution in [-0.4, -0.2) is 35.0 Å². The fraction of sp³-hybridized carbons (Fsp3) is 0.429. The molecule has 0 bridgehead atoms. The maximum absolute atomic E-state index is 12.0. The number of likely N-dealkylation sites (N-methyl/N-ethyl adjacent to an activating group) is 1. The van der Waals surface area contributed by atoms with E-state index in [0.717, 1.165) is 16.7 Å². The molecule has 0 saturated carbocycles. The van der Waals surface area contributed by atoms with Crippen molar-refractivity contribution in [1.82, 2.24) is 4.90 Å². The summed E-state index contributed by atoms with van der Waals surface area (Å²) in [5, 5.41) is 8.73. The molecule has 0 aliphatic carbocycles. The Kier molecular flexibility index (Phi) is 4.89. The van der Waals surface area contributed by atoms with Crippen LogP contribution in [-0.2, 0) is 16.0 Å². The van der Waals surface area contributed by atoms with Crippen LogP contribution in [0.2, 0.25) is 0 Å². The Bertz CT molecular complexity index is 454. The number of hydrogen-bond acceptors (Lipinski definition) is 2. The summed E-state index contributed by atoms with van der Waals surface area (Å²) in [5.74, 6) is -1.13. The molecular formula is C14H19NO3. The molecule has 0 unspecified atom stereocenters. The zero-order valence-corrected chi connectivity index (χ0v) is 11.1. The highest BCUT2D eigenvalue weighted by Crippen LogP contribution is 2.12. The zero-order chi connectivity index (χ0) is 13.7. The van der Waals surface area contributed by atoms with E-state index in [1.807, 2.05) is 32.0 Å². The molecule has 0 saturated heterocycles. The summed E-state index contributed by atoms with van der Waals surface area (Å²) in [4.78, 5) is 24.0. The lowest BCUT2D eigenvalue weighted by molar-refractivity contribution is -0.144. The number of carboxylic acid groups (broad SMARTS) is 1. The van der Waals surface area contributed by atoms with Gasteiger partial charge in [-0.2, -0.15) is 0 Å². The molecule has 0 aliphatic rings. The number of rotatable bonds is 5. The Balaban J connectivity index is 2.79. The van der Waals surface area contributed by atoms with Gasteiger partial charge in [-0.05, 0) is 31.9 Å². The van der Waals surface area contributed by atoms with Crippen LogP contribution in [0.25, 0.3) is 0 Å². The van der Waals surface area contributed by atoms with Crippen molar-refractivity contribution >= 4 is 11.9 Å². The van der Waals surface area contributed by atoms with Crippen molar-refractivity contribution < 1.29 is 14.7 Å². The molecule has 0 aliphatic heterocycles. The molecule has 0 spiro atoms. The van der Waals surface area contributed by atoms with Crippen molar-refractivity contribution in [2.45, 2.75) is 27.2 Å². The maximum atomic E-state index is 12.0. The standard InChI is InChI=1S/C14H19NO3/c1-4-15(9-14(17)18)13(16)8-12-7-10(2)5-6-11(12)3/h5-7H,4,8-9H2,1-3H3,(H,17,18). The van der Waals surface area contributed by atoms with Gasteiger partial charge < -0.3 is 10.0 Å². The summed E-state index contributed by atoms with van der Waals surface area (Å²) in [5.41, 5.74) is 3.12. The van der Waals surface area contributed by atoms with Crippen LogP contribution in [0.3, 0.4) is 0 Å². The highest BCUT2D eigenvalue weighted by atomic mass is 16.4. The van der Waals surface area contributed by atoms with E-state index < -0.39 is 5.97 Å². The smallest absolute Gasteiger partial charge is 0.323 e. The quantitative estimate of drug-likeness (QED) is 0.865. The van der Waals surface area contributed by atoms with Crippen LogP contribution in [0.4, 0.5) is 0 Å². The summed E-state index contributed by atoms with van der Waals surface area (Å²) >= 11 is 0. The van der Waals surface area contributed by atoms with Gasteiger partial charge in [0.05, 0.1) is 6.42 Å². The van der Waals surface area contributed by atoms with Gasteiger partial charge in [-0.3, -0.25) is 9.59 Å². The van der Waals surface area contributed by atoms with Crippen LogP contribution in [0.1, 0.15) is 23.6 Å². The van der Waals surface area contributed by atoms with Gasteiger partial charge in [-0.25, -0.2) is 0 Å². The van der Waals surface area contributed by atoms with E-state index in [1.54, 1.807) is 6.92 Å². The molecule has 1 rings (SSSR count). The molecule has 1 aromatic carbocycles. The van der Waals surface area contributed by atoms with Crippen molar-refractivity contribution in [2.24, 2.45) is 0 Å².